The van der Waals surface area contributed by atoms with Gasteiger partial charge in [-0.3, -0.25) is 0 Å². The van der Waals surface area contributed by atoms with Gasteiger partial charge in [-0.15, -0.1) is 0 Å². The van der Waals surface area contributed by atoms with Crippen LogP contribution in [0.25, 0.3) is 0 Å². The predicted molar refractivity (Wildman–Crippen MR) is 122 cm³/mol. The Morgan fingerprint density at radius 1 is 0.750 bits per heavy atom. The molecule has 0 spiro atoms. The van der Waals surface area contributed by atoms with Gasteiger partial charge in [0.05, 0.1) is 0 Å². The zero-order valence-electron chi connectivity index (χ0n) is 18.8. The van der Waals surface area contributed by atoms with E-state index in [9.17, 15) is 0 Å². The highest BCUT2D eigenvalue weighted by Gasteiger charge is 2.51. The van der Waals surface area contributed by atoms with Crippen molar-refractivity contribution in [2.24, 2.45) is 16.7 Å². The molecule has 5 rings (SSSR count). The molecule has 0 radical (unpaired) electrons. The van der Waals surface area contributed by atoms with E-state index >= 15 is 0 Å². The molecule has 0 amide bonds. The van der Waals surface area contributed by atoms with Crippen LogP contribution < -0.4 is 0 Å². The number of rotatable bonds is 8. The smallest absolute Gasteiger partial charge is 0.0162 e. The van der Waals surface area contributed by atoms with Crippen molar-refractivity contribution < 1.29 is 0 Å². The fourth-order valence-electron chi connectivity index (χ4n) is 7.31. The number of hydrogen-bond donors (Lipinski definition) is 0. The van der Waals surface area contributed by atoms with Crippen molar-refractivity contribution in [1.82, 2.24) is 0 Å². The van der Waals surface area contributed by atoms with Gasteiger partial charge in [-0.05, 0) is 111 Å². The molecule has 1 aromatic carbocycles. The van der Waals surface area contributed by atoms with E-state index in [-0.39, 0.29) is 0 Å². The molecule has 2 bridgehead atoms. The standard InChI is InChI=1S/C28H44/c1-3-5-6-16-27-17-20-28(21-18-27,22-19-27)26-14-12-25(13-15-26)24-10-8-23(7-4-2)9-11-24/h8-11,25-26H,3-7,12-22H2,1-2H3. The molecule has 1 aromatic rings. The number of fused-ring (bicyclic) bond motifs is 3. The minimum atomic E-state index is 0.752. The maximum absolute atomic E-state index is 2.44. The average molecular weight is 381 g/mol. The van der Waals surface area contributed by atoms with Crippen molar-refractivity contribution in [3.63, 3.8) is 0 Å². The second-order valence-electron chi connectivity index (χ2n) is 10.9. The Hall–Kier alpha value is -0.780. The molecule has 0 saturated heterocycles. The fraction of sp³-hybridized carbons (Fsp3) is 0.786. The third kappa shape index (κ3) is 4.22. The van der Waals surface area contributed by atoms with E-state index in [4.69, 9.17) is 0 Å². The van der Waals surface area contributed by atoms with E-state index in [0.717, 1.165) is 22.7 Å². The number of unbranched alkanes of at least 4 members (excludes halogenated alkanes) is 2. The first-order valence-electron chi connectivity index (χ1n) is 12.8. The highest BCUT2D eigenvalue weighted by Crippen LogP contribution is 2.63. The van der Waals surface area contributed by atoms with Crippen molar-refractivity contribution in [3.8, 4) is 0 Å². The first kappa shape index (κ1) is 20.5. The topological polar surface area (TPSA) is 0 Å². The molecule has 0 N–H and O–H groups in total. The van der Waals surface area contributed by atoms with Gasteiger partial charge in [-0.1, -0.05) is 63.8 Å². The summed E-state index contributed by atoms with van der Waals surface area (Å²) >= 11 is 0. The van der Waals surface area contributed by atoms with Crippen LogP contribution in [-0.4, -0.2) is 0 Å². The van der Waals surface area contributed by atoms with Gasteiger partial charge in [0.2, 0.25) is 0 Å². The molecular formula is C28H44. The van der Waals surface area contributed by atoms with Gasteiger partial charge in [0.1, 0.15) is 0 Å². The molecule has 4 saturated carbocycles. The Balaban J connectivity index is 1.30. The third-order valence-electron chi connectivity index (χ3n) is 9.35. The lowest BCUT2D eigenvalue weighted by Crippen LogP contribution is -2.46. The van der Waals surface area contributed by atoms with Crippen molar-refractivity contribution in [1.29, 1.82) is 0 Å². The highest BCUT2D eigenvalue weighted by molar-refractivity contribution is 5.26. The maximum atomic E-state index is 2.44. The summed E-state index contributed by atoms with van der Waals surface area (Å²) in [7, 11) is 0. The van der Waals surface area contributed by atoms with Crippen molar-refractivity contribution >= 4 is 0 Å². The molecule has 0 heteroatoms. The van der Waals surface area contributed by atoms with Crippen LogP contribution in [0.3, 0.4) is 0 Å². The van der Waals surface area contributed by atoms with Gasteiger partial charge < -0.3 is 0 Å². The zero-order valence-corrected chi connectivity index (χ0v) is 18.8. The van der Waals surface area contributed by atoms with Crippen LogP contribution in [-0.2, 0) is 6.42 Å². The van der Waals surface area contributed by atoms with E-state index in [1.165, 1.54) is 69.8 Å². The summed E-state index contributed by atoms with van der Waals surface area (Å²) in [6.45, 7) is 4.63. The Morgan fingerprint density at radius 3 is 1.96 bits per heavy atom. The monoisotopic (exact) mass is 380 g/mol. The molecule has 0 atom stereocenters. The minimum Gasteiger partial charge on any atom is -0.0654 e. The summed E-state index contributed by atoms with van der Waals surface area (Å²) in [5, 5.41) is 0. The van der Waals surface area contributed by atoms with E-state index in [1.54, 1.807) is 44.1 Å². The zero-order chi connectivity index (χ0) is 19.5. The molecule has 28 heavy (non-hydrogen) atoms. The molecule has 4 aliphatic rings. The van der Waals surface area contributed by atoms with Gasteiger partial charge in [-0.2, -0.15) is 0 Å². The van der Waals surface area contributed by atoms with Crippen molar-refractivity contribution in [3.05, 3.63) is 35.4 Å². The first-order valence-corrected chi connectivity index (χ1v) is 12.8. The SMILES string of the molecule is CCCCCC12CCC(C3CCC(c4ccc(CCC)cc4)CC3)(CC1)CC2. The van der Waals surface area contributed by atoms with Crippen LogP contribution in [0.5, 0.6) is 0 Å². The lowest BCUT2D eigenvalue weighted by atomic mass is 9.47. The number of aryl methyl sites for hydroxylation is 1. The van der Waals surface area contributed by atoms with Crippen LogP contribution in [0.1, 0.15) is 127 Å². The largest absolute Gasteiger partial charge is 0.0654 e. The van der Waals surface area contributed by atoms with E-state index in [0.29, 0.717) is 0 Å². The predicted octanol–water partition coefficient (Wildman–Crippen LogP) is 8.83. The van der Waals surface area contributed by atoms with Crippen molar-refractivity contribution in [2.75, 3.05) is 0 Å². The molecule has 4 aliphatic carbocycles. The first-order chi connectivity index (χ1) is 13.7. The summed E-state index contributed by atoms with van der Waals surface area (Å²) in [5.41, 5.74) is 4.67. The van der Waals surface area contributed by atoms with E-state index < -0.39 is 0 Å². The molecule has 4 fully saturated rings. The molecule has 0 heterocycles. The second kappa shape index (κ2) is 8.93. The lowest BCUT2D eigenvalue weighted by molar-refractivity contribution is -0.0630. The summed E-state index contributed by atoms with van der Waals surface area (Å²) in [5.74, 6) is 1.88. The third-order valence-corrected chi connectivity index (χ3v) is 9.35. The summed E-state index contributed by atoms with van der Waals surface area (Å²) in [6.07, 6.45) is 23.7. The molecule has 0 aromatic heterocycles. The number of hydrogen-bond acceptors (Lipinski definition) is 0. The fourth-order valence-corrected chi connectivity index (χ4v) is 7.31. The lowest BCUT2D eigenvalue weighted by Gasteiger charge is -2.58. The van der Waals surface area contributed by atoms with E-state index in [1.807, 2.05) is 0 Å². The van der Waals surface area contributed by atoms with Crippen LogP contribution in [0.2, 0.25) is 0 Å². The summed E-state index contributed by atoms with van der Waals surface area (Å²) < 4.78 is 0. The van der Waals surface area contributed by atoms with Crippen LogP contribution >= 0.6 is 0 Å². The average Bonchev–Trinajstić information content (AvgIpc) is 2.76. The Morgan fingerprint density at radius 2 is 1.39 bits per heavy atom. The van der Waals surface area contributed by atoms with Crippen LogP contribution in [0.4, 0.5) is 0 Å². The van der Waals surface area contributed by atoms with E-state index in [2.05, 4.69) is 38.1 Å². The highest BCUT2D eigenvalue weighted by atomic mass is 14.6. The Kier molecular flexibility index (Phi) is 6.53. The molecule has 0 unspecified atom stereocenters. The second-order valence-corrected chi connectivity index (χ2v) is 10.9. The molecule has 0 aliphatic heterocycles. The van der Waals surface area contributed by atoms with Gasteiger partial charge in [-0.25, -0.2) is 0 Å². The Labute approximate surface area is 174 Å². The normalized spacial score (nSPS) is 35.2. The molecular weight excluding hydrogens is 336 g/mol. The van der Waals surface area contributed by atoms with Crippen molar-refractivity contribution in [2.45, 2.75) is 122 Å². The maximum Gasteiger partial charge on any atom is -0.0162 e. The van der Waals surface area contributed by atoms with Crippen LogP contribution in [0.15, 0.2) is 24.3 Å². The summed E-state index contributed by atoms with van der Waals surface area (Å²) in [4.78, 5) is 0. The minimum absolute atomic E-state index is 0.752. The van der Waals surface area contributed by atoms with Crippen LogP contribution in [0, 0.1) is 16.7 Å². The van der Waals surface area contributed by atoms with Gasteiger partial charge >= 0.3 is 0 Å². The van der Waals surface area contributed by atoms with Gasteiger partial charge in [0.15, 0.2) is 0 Å². The number of benzene rings is 1. The Bertz CT molecular complexity index is 577. The van der Waals surface area contributed by atoms with Gasteiger partial charge in [0.25, 0.3) is 0 Å². The molecule has 0 nitrogen and oxygen atoms in total. The molecule has 156 valence electrons. The quantitative estimate of drug-likeness (QED) is 0.395. The summed E-state index contributed by atoms with van der Waals surface area (Å²) in [6, 6.07) is 9.67. The van der Waals surface area contributed by atoms with Gasteiger partial charge in [0, 0.05) is 0 Å².